The summed E-state index contributed by atoms with van der Waals surface area (Å²) in [6, 6.07) is 7.17. The highest BCUT2D eigenvalue weighted by atomic mass is 79.9. The average molecular weight is 443 g/mol. The number of aryl methyl sites for hydroxylation is 2. The van der Waals surface area contributed by atoms with E-state index in [0.717, 1.165) is 28.6 Å². The predicted octanol–water partition coefficient (Wildman–Crippen LogP) is 3.31. The average Bonchev–Trinajstić information content (AvgIpc) is 3.49. The third-order valence-corrected chi connectivity index (χ3v) is 5.83. The number of nitrogens with one attached hydrogen (secondary N) is 2. The number of fused-ring (bicyclic) bond motifs is 1. The highest BCUT2D eigenvalue weighted by Gasteiger charge is 2.28. The first kappa shape index (κ1) is 18.6. The van der Waals surface area contributed by atoms with E-state index >= 15 is 0 Å². The Morgan fingerprint density at radius 2 is 2.07 bits per heavy atom. The third-order valence-electron chi connectivity index (χ3n) is 4.94. The van der Waals surface area contributed by atoms with Gasteiger partial charge in [0.15, 0.2) is 5.65 Å². The molecule has 2 heterocycles. The molecule has 0 atom stereocenters. The van der Waals surface area contributed by atoms with Gasteiger partial charge in [-0.05, 0) is 56.5 Å². The molecule has 144 valence electrons. The normalized spacial score (nSPS) is 13.7. The minimum atomic E-state index is -0.600. The van der Waals surface area contributed by atoms with Crippen LogP contribution in [0.15, 0.2) is 38.3 Å². The number of benzene rings is 1. The number of hydrogen-bond acceptors (Lipinski definition) is 4. The van der Waals surface area contributed by atoms with Crippen molar-refractivity contribution < 1.29 is 4.79 Å². The Balaban J connectivity index is 1.89. The Hall–Kier alpha value is -2.74. The van der Waals surface area contributed by atoms with Crippen LogP contribution in [0.4, 0.5) is 5.69 Å². The minimum Gasteiger partial charge on any atom is -0.322 e. The number of carbonyl (C=O) groups excluding carboxylic acids is 1. The lowest BCUT2D eigenvalue weighted by Gasteiger charge is -2.13. The van der Waals surface area contributed by atoms with Crippen molar-refractivity contribution in [3.63, 3.8) is 0 Å². The number of H-pyrrole nitrogens is 1. The molecule has 28 heavy (non-hydrogen) atoms. The van der Waals surface area contributed by atoms with Crippen LogP contribution in [0.3, 0.4) is 0 Å². The lowest BCUT2D eigenvalue weighted by Crippen LogP contribution is -2.32. The number of carbonyl (C=O) groups is 1. The molecule has 3 aromatic rings. The van der Waals surface area contributed by atoms with Crippen molar-refractivity contribution >= 4 is 38.6 Å². The van der Waals surface area contributed by atoms with E-state index in [0.29, 0.717) is 12.2 Å². The third kappa shape index (κ3) is 3.28. The quantitative estimate of drug-likeness (QED) is 0.647. The molecule has 0 radical (unpaired) electrons. The first-order chi connectivity index (χ1) is 13.4. The fourth-order valence-corrected chi connectivity index (χ4v) is 3.52. The smallest absolute Gasteiger partial charge is 0.322 e. The largest absolute Gasteiger partial charge is 0.329 e. The first-order valence-electron chi connectivity index (χ1n) is 9.14. The predicted molar refractivity (Wildman–Crippen MR) is 111 cm³/mol. The number of aromatic nitrogens is 3. The van der Waals surface area contributed by atoms with Gasteiger partial charge in [-0.3, -0.25) is 19.1 Å². The van der Waals surface area contributed by atoms with Gasteiger partial charge in [0.25, 0.3) is 11.5 Å². The van der Waals surface area contributed by atoms with E-state index in [9.17, 15) is 14.4 Å². The molecule has 8 heteroatoms. The summed E-state index contributed by atoms with van der Waals surface area (Å²) in [5.74, 6) is -0.131. The van der Waals surface area contributed by atoms with Gasteiger partial charge in [-0.1, -0.05) is 15.9 Å². The van der Waals surface area contributed by atoms with Gasteiger partial charge in [-0.25, -0.2) is 9.78 Å². The van der Waals surface area contributed by atoms with Crippen molar-refractivity contribution in [1.29, 1.82) is 0 Å². The number of nitrogens with zero attached hydrogens (tertiary/aromatic N) is 2. The molecular weight excluding hydrogens is 424 g/mol. The maximum Gasteiger partial charge on any atom is 0.329 e. The Labute approximate surface area is 168 Å². The van der Waals surface area contributed by atoms with Gasteiger partial charge in [-0.15, -0.1) is 0 Å². The van der Waals surface area contributed by atoms with Crippen molar-refractivity contribution in [2.75, 3.05) is 5.32 Å². The molecule has 0 unspecified atom stereocenters. The number of anilines is 1. The summed E-state index contributed by atoms with van der Waals surface area (Å²) in [7, 11) is 0. The minimum absolute atomic E-state index is 0.136. The fourth-order valence-electron chi connectivity index (χ4n) is 3.27. The first-order valence-corrected chi connectivity index (χ1v) is 9.93. The van der Waals surface area contributed by atoms with Crippen LogP contribution in [0, 0.1) is 6.92 Å². The molecule has 1 fully saturated rings. The SMILES string of the molecule is CCn1c(=O)[nH]c(=O)c2c(C(=O)Nc3ccc(Br)c(C)c3)cc(C3CC3)nc21. The summed E-state index contributed by atoms with van der Waals surface area (Å²) in [6.45, 7) is 4.08. The second-order valence-corrected chi connectivity index (χ2v) is 7.84. The molecule has 4 rings (SSSR count). The molecule has 2 N–H and O–H groups in total. The highest BCUT2D eigenvalue weighted by molar-refractivity contribution is 9.10. The van der Waals surface area contributed by atoms with Gasteiger partial charge in [0.2, 0.25) is 0 Å². The second kappa shape index (κ2) is 7.01. The van der Waals surface area contributed by atoms with Crippen LogP contribution in [-0.4, -0.2) is 20.4 Å². The molecule has 1 aromatic carbocycles. The van der Waals surface area contributed by atoms with E-state index in [4.69, 9.17) is 0 Å². The monoisotopic (exact) mass is 442 g/mol. The summed E-state index contributed by atoms with van der Waals surface area (Å²) in [5.41, 5.74) is 1.73. The zero-order chi connectivity index (χ0) is 20.0. The van der Waals surface area contributed by atoms with Crippen LogP contribution in [0.1, 0.15) is 47.3 Å². The molecule has 0 saturated heterocycles. The van der Waals surface area contributed by atoms with E-state index in [1.807, 2.05) is 19.1 Å². The lowest BCUT2D eigenvalue weighted by molar-refractivity contribution is 0.102. The number of pyridine rings is 1. The van der Waals surface area contributed by atoms with Crippen LogP contribution in [0.5, 0.6) is 0 Å². The van der Waals surface area contributed by atoms with E-state index in [1.165, 1.54) is 4.57 Å². The van der Waals surface area contributed by atoms with Gasteiger partial charge in [0.1, 0.15) is 0 Å². The topological polar surface area (TPSA) is 96.9 Å². The molecule has 0 bridgehead atoms. The summed E-state index contributed by atoms with van der Waals surface area (Å²) in [6.07, 6.45) is 1.98. The summed E-state index contributed by atoms with van der Waals surface area (Å²) in [5, 5.41) is 2.99. The molecule has 0 aliphatic heterocycles. The van der Waals surface area contributed by atoms with Gasteiger partial charge in [-0.2, -0.15) is 0 Å². The van der Waals surface area contributed by atoms with E-state index in [2.05, 4.69) is 31.2 Å². The molecule has 7 nitrogen and oxygen atoms in total. The van der Waals surface area contributed by atoms with Crippen LogP contribution < -0.4 is 16.6 Å². The maximum absolute atomic E-state index is 13.1. The Morgan fingerprint density at radius 3 is 2.71 bits per heavy atom. The number of amides is 1. The summed E-state index contributed by atoms with van der Waals surface area (Å²) < 4.78 is 2.34. The van der Waals surface area contributed by atoms with Crippen LogP contribution >= 0.6 is 15.9 Å². The number of hydrogen-bond donors (Lipinski definition) is 2. The van der Waals surface area contributed by atoms with Crippen molar-refractivity contribution in [2.24, 2.45) is 0 Å². The van der Waals surface area contributed by atoms with Crippen LogP contribution in [0.25, 0.3) is 11.0 Å². The molecule has 1 aliphatic carbocycles. The van der Waals surface area contributed by atoms with Crippen molar-refractivity contribution in [2.45, 2.75) is 39.2 Å². The summed E-state index contributed by atoms with van der Waals surface area (Å²) in [4.78, 5) is 44.7. The zero-order valence-corrected chi connectivity index (χ0v) is 17.1. The maximum atomic E-state index is 13.1. The highest BCUT2D eigenvalue weighted by Crippen LogP contribution is 2.40. The van der Waals surface area contributed by atoms with Crippen molar-refractivity contribution in [3.8, 4) is 0 Å². The Kier molecular flexibility index (Phi) is 4.66. The van der Waals surface area contributed by atoms with Gasteiger partial charge >= 0.3 is 5.69 Å². The van der Waals surface area contributed by atoms with Crippen molar-refractivity contribution in [1.82, 2.24) is 14.5 Å². The molecule has 1 saturated carbocycles. The van der Waals surface area contributed by atoms with Crippen molar-refractivity contribution in [3.05, 3.63) is 66.4 Å². The van der Waals surface area contributed by atoms with Crippen LogP contribution in [0.2, 0.25) is 0 Å². The lowest BCUT2D eigenvalue weighted by atomic mass is 10.1. The van der Waals surface area contributed by atoms with E-state index < -0.39 is 17.2 Å². The fraction of sp³-hybridized carbons (Fsp3) is 0.300. The summed E-state index contributed by atoms with van der Waals surface area (Å²) >= 11 is 3.44. The standard InChI is InChI=1S/C20H19BrN4O3/c1-3-25-17-16(19(27)24-20(25)28)13(9-15(23-17)11-4-5-11)18(26)22-12-6-7-14(21)10(2)8-12/h6-9,11H,3-5H2,1-2H3,(H,22,26)(H,24,27,28). The second-order valence-electron chi connectivity index (χ2n) is 6.99. The van der Waals surface area contributed by atoms with E-state index in [-0.39, 0.29) is 22.5 Å². The Morgan fingerprint density at radius 1 is 1.32 bits per heavy atom. The van der Waals surface area contributed by atoms with E-state index in [1.54, 1.807) is 19.1 Å². The number of aromatic amines is 1. The van der Waals surface area contributed by atoms with Gasteiger partial charge < -0.3 is 5.32 Å². The molecular formula is C20H19BrN4O3. The number of halogens is 1. The number of rotatable bonds is 4. The van der Waals surface area contributed by atoms with Gasteiger partial charge in [0.05, 0.1) is 10.9 Å². The molecule has 1 amide bonds. The zero-order valence-electron chi connectivity index (χ0n) is 15.5. The van der Waals surface area contributed by atoms with Gasteiger partial charge in [0, 0.05) is 28.3 Å². The molecule has 0 spiro atoms. The molecule has 1 aliphatic rings. The Bertz CT molecular complexity index is 1220. The van der Waals surface area contributed by atoms with Crippen LogP contribution in [-0.2, 0) is 6.54 Å². The molecule has 2 aromatic heterocycles.